The molecule has 4 rings (SSSR count). The van der Waals surface area contributed by atoms with Gasteiger partial charge in [-0.15, -0.1) is 0 Å². The van der Waals surface area contributed by atoms with Crippen molar-refractivity contribution < 1.29 is 28.8 Å². The minimum absolute atomic E-state index is 0.0459. The number of aromatic carboxylic acids is 1. The predicted octanol–water partition coefficient (Wildman–Crippen LogP) is 4.66. The van der Waals surface area contributed by atoms with Crippen LogP contribution in [0, 0.1) is 0 Å². The molecule has 2 heterocycles. The Bertz CT molecular complexity index is 1560. The van der Waals surface area contributed by atoms with Crippen LogP contribution in [-0.2, 0) is 17.6 Å². The van der Waals surface area contributed by atoms with E-state index in [4.69, 9.17) is 26.0 Å². The van der Waals surface area contributed by atoms with E-state index in [2.05, 4.69) is 5.16 Å². The van der Waals surface area contributed by atoms with E-state index in [9.17, 15) is 19.2 Å². The summed E-state index contributed by atoms with van der Waals surface area (Å²) in [5, 5.41) is 13.2. The van der Waals surface area contributed by atoms with Crippen LogP contribution in [0.2, 0.25) is 5.02 Å². The zero-order valence-corrected chi connectivity index (χ0v) is 21.3. The molecule has 2 aromatic carbocycles. The summed E-state index contributed by atoms with van der Waals surface area (Å²) in [7, 11) is 1.42. The number of aromatic nitrogens is 2. The average molecular weight is 535 g/mol. The van der Waals surface area contributed by atoms with E-state index in [-0.39, 0.29) is 35.7 Å². The van der Waals surface area contributed by atoms with Gasteiger partial charge in [-0.3, -0.25) is 14.4 Å². The third-order valence-corrected chi connectivity index (χ3v) is 6.32. The van der Waals surface area contributed by atoms with E-state index >= 15 is 0 Å². The van der Waals surface area contributed by atoms with Crippen LogP contribution in [0.5, 0.6) is 5.75 Å². The van der Waals surface area contributed by atoms with Gasteiger partial charge in [-0.2, -0.15) is 0 Å². The summed E-state index contributed by atoms with van der Waals surface area (Å²) in [4.78, 5) is 50.3. The fourth-order valence-electron chi connectivity index (χ4n) is 4.18. The van der Waals surface area contributed by atoms with E-state index in [1.54, 1.807) is 36.4 Å². The van der Waals surface area contributed by atoms with Crippen molar-refractivity contribution in [3.05, 3.63) is 105 Å². The van der Waals surface area contributed by atoms with Gasteiger partial charge in [0.15, 0.2) is 11.6 Å². The minimum atomic E-state index is -1.07. The maximum Gasteiger partial charge on any atom is 0.335 e. The van der Waals surface area contributed by atoms with Gasteiger partial charge in [-0.05, 0) is 48.4 Å². The van der Waals surface area contributed by atoms with E-state index < -0.39 is 17.6 Å². The van der Waals surface area contributed by atoms with Gasteiger partial charge in [0.2, 0.25) is 0 Å². The number of carboxylic acid groups (broad SMARTS) is 1. The molecule has 0 radical (unpaired) electrons. The summed E-state index contributed by atoms with van der Waals surface area (Å²) in [6, 6.07) is 12.6. The highest BCUT2D eigenvalue weighted by atomic mass is 35.5. The molecule has 0 aliphatic carbocycles. The van der Waals surface area contributed by atoms with Crippen LogP contribution in [0.4, 0.5) is 0 Å². The normalized spacial score (nSPS) is 11.7. The lowest BCUT2D eigenvalue weighted by Crippen LogP contribution is -2.32. The van der Waals surface area contributed by atoms with Crippen molar-refractivity contribution in [1.82, 2.24) is 9.72 Å². The quantitative estimate of drug-likeness (QED) is 0.291. The third kappa shape index (κ3) is 5.73. The minimum Gasteiger partial charge on any atom is -0.495 e. The molecular weight excluding hydrogens is 512 g/mol. The molecule has 0 saturated heterocycles. The first kappa shape index (κ1) is 26.6. The van der Waals surface area contributed by atoms with Crippen molar-refractivity contribution in [2.45, 2.75) is 25.8 Å². The molecule has 4 aromatic rings. The highest BCUT2D eigenvalue weighted by Gasteiger charge is 2.26. The number of ketones is 2. The highest BCUT2D eigenvalue weighted by Crippen LogP contribution is 2.34. The summed E-state index contributed by atoms with van der Waals surface area (Å²) in [6.45, 7) is 1.41. The van der Waals surface area contributed by atoms with Crippen molar-refractivity contribution in [2.24, 2.45) is 0 Å². The topological polar surface area (TPSA) is 129 Å². The second kappa shape index (κ2) is 11.3. The molecule has 1 unspecified atom stereocenters. The molecule has 0 aliphatic heterocycles. The number of carbonyl (C=O) groups excluding carboxylic acids is 2. The van der Waals surface area contributed by atoms with E-state index in [0.717, 1.165) is 0 Å². The average Bonchev–Trinajstić information content (AvgIpc) is 3.40. The molecular formula is C28H23ClN2O7. The highest BCUT2D eigenvalue weighted by molar-refractivity contribution is 6.31. The molecule has 0 bridgehead atoms. The molecule has 0 amide bonds. The number of Topliss-reactive ketones (excluding diaryl/α,β-unsaturated/α-hetero) is 2. The summed E-state index contributed by atoms with van der Waals surface area (Å²) in [5.74, 6) is -0.940. The molecule has 194 valence electrons. The molecule has 0 aliphatic rings. The SMILES string of the molecule is COc1cn(C(Cc2ccno2)C(=O)Cc2ccc(C(=O)O)cc2)c(=O)cc1-c1cc(Cl)ccc1C(C)=O. The lowest BCUT2D eigenvalue weighted by molar-refractivity contribution is -0.121. The lowest BCUT2D eigenvalue weighted by atomic mass is 9.96. The molecule has 2 aromatic heterocycles. The number of halogens is 1. The number of carbonyl (C=O) groups is 3. The number of pyridine rings is 1. The number of ether oxygens (including phenoxy) is 1. The second-order valence-corrected chi connectivity index (χ2v) is 9.03. The Morgan fingerprint density at radius 2 is 1.82 bits per heavy atom. The van der Waals surface area contributed by atoms with Crippen LogP contribution in [-0.4, -0.2) is 39.5 Å². The van der Waals surface area contributed by atoms with Crippen LogP contribution < -0.4 is 10.3 Å². The molecule has 0 fully saturated rings. The Morgan fingerprint density at radius 1 is 1.08 bits per heavy atom. The summed E-state index contributed by atoms with van der Waals surface area (Å²) >= 11 is 6.18. The van der Waals surface area contributed by atoms with Crippen molar-refractivity contribution >= 4 is 29.1 Å². The maximum absolute atomic E-state index is 13.5. The first-order valence-electron chi connectivity index (χ1n) is 11.5. The molecule has 9 nitrogen and oxygen atoms in total. The van der Waals surface area contributed by atoms with Crippen LogP contribution in [0.1, 0.15) is 45.0 Å². The lowest BCUT2D eigenvalue weighted by Gasteiger charge is -2.20. The summed E-state index contributed by atoms with van der Waals surface area (Å²) in [5.41, 5.74) is 1.34. The Balaban J connectivity index is 1.77. The van der Waals surface area contributed by atoms with Crippen LogP contribution in [0.3, 0.4) is 0 Å². The maximum atomic E-state index is 13.5. The molecule has 10 heteroatoms. The number of benzene rings is 2. The van der Waals surface area contributed by atoms with Crippen LogP contribution >= 0.6 is 11.6 Å². The summed E-state index contributed by atoms with van der Waals surface area (Å²) < 4.78 is 12.0. The van der Waals surface area contributed by atoms with Crippen molar-refractivity contribution in [3.63, 3.8) is 0 Å². The zero-order chi connectivity index (χ0) is 27.4. The standard InChI is InChI=1S/C28H23ClN2O7/c1-16(32)21-8-7-19(29)12-22(21)23-14-27(34)31(15-26(23)37-2)24(13-20-9-10-30-38-20)25(33)11-17-3-5-18(6-4-17)28(35)36/h3-10,12,14-15,24H,11,13H2,1-2H3,(H,35,36). The zero-order valence-electron chi connectivity index (χ0n) is 20.5. The number of rotatable bonds is 10. The van der Waals surface area contributed by atoms with Gasteiger partial charge in [-0.25, -0.2) is 4.79 Å². The number of hydrogen-bond acceptors (Lipinski definition) is 7. The number of nitrogens with zero attached hydrogens (tertiary/aromatic N) is 2. The molecule has 0 saturated carbocycles. The van der Waals surface area contributed by atoms with Gasteiger partial charge < -0.3 is 18.9 Å². The largest absolute Gasteiger partial charge is 0.495 e. The third-order valence-electron chi connectivity index (χ3n) is 6.09. The first-order valence-corrected chi connectivity index (χ1v) is 11.9. The van der Waals surface area contributed by atoms with E-state index in [0.29, 0.717) is 33.0 Å². The fraction of sp³-hybridized carbons (Fsp3) is 0.179. The second-order valence-electron chi connectivity index (χ2n) is 8.59. The van der Waals surface area contributed by atoms with E-state index in [1.165, 1.54) is 49.2 Å². The van der Waals surface area contributed by atoms with Crippen molar-refractivity contribution in [1.29, 1.82) is 0 Å². The van der Waals surface area contributed by atoms with Crippen molar-refractivity contribution in [3.8, 4) is 16.9 Å². The van der Waals surface area contributed by atoms with Gasteiger partial charge in [0.25, 0.3) is 5.56 Å². The molecule has 1 N–H and O–H groups in total. The Kier molecular flexibility index (Phi) is 7.87. The van der Waals surface area contributed by atoms with Gasteiger partial charge in [-0.1, -0.05) is 28.9 Å². The molecule has 38 heavy (non-hydrogen) atoms. The fourth-order valence-corrected chi connectivity index (χ4v) is 4.35. The Morgan fingerprint density at radius 3 is 2.42 bits per heavy atom. The van der Waals surface area contributed by atoms with Crippen LogP contribution in [0.25, 0.3) is 11.1 Å². The van der Waals surface area contributed by atoms with Gasteiger partial charge in [0.05, 0.1) is 25.1 Å². The predicted molar refractivity (Wildman–Crippen MR) is 139 cm³/mol. The first-order chi connectivity index (χ1) is 18.2. The molecule has 1 atom stereocenters. The number of carboxylic acids is 1. The smallest absolute Gasteiger partial charge is 0.335 e. The van der Waals surface area contributed by atoms with Gasteiger partial charge >= 0.3 is 5.97 Å². The van der Waals surface area contributed by atoms with E-state index in [1.807, 2.05) is 0 Å². The van der Waals surface area contributed by atoms with Gasteiger partial charge in [0.1, 0.15) is 17.6 Å². The van der Waals surface area contributed by atoms with Crippen molar-refractivity contribution in [2.75, 3.05) is 7.11 Å². The number of hydrogen-bond donors (Lipinski definition) is 1. The Hall–Kier alpha value is -4.50. The monoisotopic (exact) mass is 534 g/mol. The summed E-state index contributed by atoms with van der Waals surface area (Å²) in [6.07, 6.45) is 2.85. The molecule has 0 spiro atoms. The number of methoxy groups -OCH3 is 1. The van der Waals surface area contributed by atoms with Gasteiger partial charge in [0, 0.05) is 41.1 Å². The van der Waals surface area contributed by atoms with Crippen LogP contribution in [0.15, 0.2) is 76.3 Å². The Labute approximate surface area is 222 Å².